The van der Waals surface area contributed by atoms with Crippen LogP contribution in [0.5, 0.6) is 0 Å². The fraction of sp³-hybridized carbons (Fsp3) is 0.438. The molecule has 2 heterocycles. The molecule has 1 aromatic heterocycles. The van der Waals surface area contributed by atoms with E-state index < -0.39 is 0 Å². The Morgan fingerprint density at radius 1 is 1.17 bits per heavy atom. The summed E-state index contributed by atoms with van der Waals surface area (Å²) in [6.45, 7) is 6.00. The van der Waals surface area contributed by atoms with Crippen molar-refractivity contribution in [2.24, 2.45) is 0 Å². The number of carbonyl (C=O) groups is 1. The number of nitrogens with zero attached hydrogens (tertiary/aromatic N) is 4. The van der Waals surface area contributed by atoms with Gasteiger partial charge >= 0.3 is 0 Å². The number of halogens is 1. The summed E-state index contributed by atoms with van der Waals surface area (Å²) in [7, 11) is 0. The van der Waals surface area contributed by atoms with Gasteiger partial charge in [0.2, 0.25) is 17.7 Å². The molecule has 0 spiro atoms. The Hall–Kier alpha value is -2.32. The molecule has 0 atom stereocenters. The first-order valence-electron chi connectivity index (χ1n) is 7.87. The third-order valence-corrected chi connectivity index (χ3v) is 3.89. The van der Waals surface area contributed by atoms with Crippen LogP contribution < -0.4 is 5.32 Å². The van der Waals surface area contributed by atoms with Gasteiger partial charge in [-0.2, -0.15) is 0 Å². The monoisotopic (exact) mass is 333 g/mol. The highest BCUT2D eigenvalue weighted by atomic mass is 19.1. The van der Waals surface area contributed by atoms with Gasteiger partial charge in [0, 0.05) is 38.8 Å². The normalized spacial score (nSPS) is 16.2. The Kier molecular flexibility index (Phi) is 5.17. The lowest BCUT2D eigenvalue weighted by Gasteiger charge is -2.33. The zero-order valence-corrected chi connectivity index (χ0v) is 13.5. The van der Waals surface area contributed by atoms with Gasteiger partial charge in [0.05, 0.1) is 13.1 Å². The van der Waals surface area contributed by atoms with Crippen molar-refractivity contribution in [3.8, 4) is 0 Å². The second-order valence-corrected chi connectivity index (χ2v) is 5.82. The van der Waals surface area contributed by atoms with Gasteiger partial charge in [0.15, 0.2) is 0 Å². The van der Waals surface area contributed by atoms with Gasteiger partial charge in [-0.05, 0) is 24.3 Å². The number of hydrogen-bond acceptors (Lipinski definition) is 6. The maximum absolute atomic E-state index is 12.9. The van der Waals surface area contributed by atoms with Crippen LogP contribution in [0, 0.1) is 12.7 Å². The summed E-state index contributed by atoms with van der Waals surface area (Å²) >= 11 is 0. The maximum Gasteiger partial charge on any atom is 0.238 e. The van der Waals surface area contributed by atoms with Crippen molar-refractivity contribution in [3.05, 3.63) is 41.9 Å². The summed E-state index contributed by atoms with van der Waals surface area (Å²) in [5, 5.41) is 10.6. The number of rotatable bonds is 5. The summed E-state index contributed by atoms with van der Waals surface area (Å²) in [4.78, 5) is 16.4. The number of nitrogens with one attached hydrogen (secondary N) is 1. The molecule has 0 aliphatic carbocycles. The molecule has 24 heavy (non-hydrogen) atoms. The lowest BCUT2D eigenvalue weighted by Crippen LogP contribution is -2.48. The summed E-state index contributed by atoms with van der Waals surface area (Å²) in [6.07, 6.45) is 0. The molecule has 1 aromatic carbocycles. The van der Waals surface area contributed by atoms with Gasteiger partial charge in [0.25, 0.3) is 0 Å². The topological polar surface area (TPSA) is 74.5 Å². The average molecular weight is 333 g/mol. The highest BCUT2D eigenvalue weighted by Gasteiger charge is 2.20. The molecule has 0 unspecified atom stereocenters. The van der Waals surface area contributed by atoms with Crippen molar-refractivity contribution in [3.63, 3.8) is 0 Å². The van der Waals surface area contributed by atoms with E-state index in [1.807, 2.05) is 0 Å². The van der Waals surface area contributed by atoms with Crippen LogP contribution in [0.2, 0.25) is 0 Å². The Bertz CT molecular complexity index is 680. The molecule has 7 nitrogen and oxygen atoms in total. The second-order valence-electron chi connectivity index (χ2n) is 5.82. The van der Waals surface area contributed by atoms with Crippen LogP contribution in [0.4, 0.5) is 10.1 Å². The van der Waals surface area contributed by atoms with Gasteiger partial charge in [0.1, 0.15) is 5.82 Å². The standard InChI is InChI=1S/C16H20FN5O2/c1-12-19-20-16(24-12)11-22-8-6-21(7-9-22)10-15(23)18-14-4-2-13(17)3-5-14/h2-5H,6-11H2,1H3,(H,18,23). The SMILES string of the molecule is Cc1nnc(CN2CCN(CC(=O)Nc3ccc(F)cc3)CC2)o1. The summed E-state index contributed by atoms with van der Waals surface area (Å²) in [6, 6.07) is 5.76. The zero-order valence-electron chi connectivity index (χ0n) is 13.5. The molecule has 1 saturated heterocycles. The summed E-state index contributed by atoms with van der Waals surface area (Å²) in [5.41, 5.74) is 0.604. The van der Waals surface area contributed by atoms with Crippen molar-refractivity contribution >= 4 is 11.6 Å². The molecular formula is C16H20FN5O2. The molecule has 1 aliphatic heterocycles. The van der Waals surface area contributed by atoms with Gasteiger partial charge in [-0.25, -0.2) is 4.39 Å². The quantitative estimate of drug-likeness (QED) is 0.888. The maximum atomic E-state index is 12.9. The number of amides is 1. The molecule has 8 heteroatoms. The fourth-order valence-corrected chi connectivity index (χ4v) is 2.64. The van der Waals surface area contributed by atoms with Crippen molar-refractivity contribution in [1.82, 2.24) is 20.0 Å². The molecule has 1 aliphatic rings. The molecular weight excluding hydrogens is 313 g/mol. The van der Waals surface area contributed by atoms with E-state index in [1.54, 1.807) is 19.1 Å². The van der Waals surface area contributed by atoms with E-state index in [2.05, 4.69) is 25.3 Å². The predicted molar refractivity (Wildman–Crippen MR) is 85.8 cm³/mol. The summed E-state index contributed by atoms with van der Waals surface area (Å²) < 4.78 is 18.2. The Balaban J connectivity index is 1.41. The minimum absolute atomic E-state index is 0.0948. The molecule has 2 aromatic rings. The largest absolute Gasteiger partial charge is 0.424 e. The molecule has 0 saturated carbocycles. The van der Waals surface area contributed by atoms with Crippen molar-refractivity contribution < 1.29 is 13.6 Å². The van der Waals surface area contributed by atoms with E-state index in [0.717, 1.165) is 26.2 Å². The third-order valence-electron chi connectivity index (χ3n) is 3.89. The number of piperazine rings is 1. The Morgan fingerprint density at radius 2 is 1.83 bits per heavy atom. The predicted octanol–water partition coefficient (Wildman–Crippen LogP) is 1.27. The highest BCUT2D eigenvalue weighted by Crippen LogP contribution is 2.10. The number of anilines is 1. The lowest BCUT2D eigenvalue weighted by molar-refractivity contribution is -0.117. The number of carbonyl (C=O) groups excluding carboxylic acids is 1. The van der Waals surface area contributed by atoms with Crippen molar-refractivity contribution in [2.75, 3.05) is 38.0 Å². The second kappa shape index (κ2) is 7.50. The fourth-order valence-electron chi connectivity index (χ4n) is 2.64. The molecule has 0 radical (unpaired) electrons. The van der Waals surface area contributed by atoms with E-state index in [1.165, 1.54) is 12.1 Å². The van der Waals surface area contributed by atoms with Gasteiger partial charge in [-0.1, -0.05) is 0 Å². The molecule has 0 bridgehead atoms. The molecule has 3 rings (SSSR count). The first kappa shape index (κ1) is 16.5. The van der Waals surface area contributed by atoms with Crippen molar-refractivity contribution in [1.29, 1.82) is 0 Å². The van der Waals surface area contributed by atoms with Crippen LogP contribution in [0.15, 0.2) is 28.7 Å². The van der Waals surface area contributed by atoms with Gasteiger partial charge in [-0.3, -0.25) is 14.6 Å². The van der Waals surface area contributed by atoms with E-state index >= 15 is 0 Å². The van der Waals surface area contributed by atoms with Crippen LogP contribution in [0.1, 0.15) is 11.8 Å². The summed E-state index contributed by atoms with van der Waals surface area (Å²) in [5.74, 6) is 0.777. The molecule has 1 N–H and O–H groups in total. The zero-order chi connectivity index (χ0) is 16.9. The van der Waals surface area contributed by atoms with Gasteiger partial charge < -0.3 is 9.73 Å². The van der Waals surface area contributed by atoms with Crippen molar-refractivity contribution in [2.45, 2.75) is 13.5 Å². The van der Waals surface area contributed by atoms with E-state index in [-0.39, 0.29) is 11.7 Å². The van der Waals surface area contributed by atoms with Crippen LogP contribution in [0.25, 0.3) is 0 Å². The minimum atomic E-state index is -0.319. The lowest BCUT2D eigenvalue weighted by atomic mass is 10.3. The van der Waals surface area contributed by atoms with Gasteiger partial charge in [-0.15, -0.1) is 10.2 Å². The van der Waals surface area contributed by atoms with E-state index in [4.69, 9.17) is 4.42 Å². The first-order valence-corrected chi connectivity index (χ1v) is 7.87. The van der Waals surface area contributed by atoms with E-state index in [0.29, 0.717) is 30.6 Å². The number of hydrogen-bond donors (Lipinski definition) is 1. The number of benzene rings is 1. The van der Waals surface area contributed by atoms with Crippen LogP contribution in [-0.2, 0) is 11.3 Å². The van der Waals surface area contributed by atoms with Crippen LogP contribution >= 0.6 is 0 Å². The Morgan fingerprint density at radius 3 is 2.46 bits per heavy atom. The minimum Gasteiger partial charge on any atom is -0.424 e. The van der Waals surface area contributed by atoms with E-state index in [9.17, 15) is 9.18 Å². The Labute approximate surface area is 139 Å². The number of aromatic nitrogens is 2. The average Bonchev–Trinajstić information content (AvgIpc) is 2.96. The number of aryl methyl sites for hydroxylation is 1. The third kappa shape index (κ3) is 4.59. The molecule has 1 amide bonds. The van der Waals surface area contributed by atoms with Crippen LogP contribution in [-0.4, -0.2) is 58.6 Å². The smallest absolute Gasteiger partial charge is 0.238 e. The highest BCUT2D eigenvalue weighted by molar-refractivity contribution is 5.92. The molecule has 128 valence electrons. The first-order chi connectivity index (χ1) is 11.6. The molecule has 1 fully saturated rings. The van der Waals surface area contributed by atoms with Crippen LogP contribution in [0.3, 0.4) is 0 Å².